The molecule has 0 spiro atoms. The molecule has 3 aliphatic heterocycles. The fraction of sp³-hybridized carbons (Fsp3) is 0.769. The van der Waals surface area contributed by atoms with E-state index in [9.17, 15) is 4.79 Å². The van der Waals surface area contributed by atoms with Crippen molar-refractivity contribution in [1.29, 1.82) is 0 Å². The standard InChI is InChI=1S/C13H16O4/c1-6(2)15-5-13-11(14)9-7-3-4-8(16-7)10(9)12(13)17-13/h3-4,6-10,12H,5H2,1-2H3/t7-,8+,9-,10+,12-,13+/m1/s1. The first-order valence-electron chi connectivity index (χ1n) is 6.31. The molecule has 17 heavy (non-hydrogen) atoms. The van der Waals surface area contributed by atoms with Gasteiger partial charge in [0.15, 0.2) is 11.4 Å². The van der Waals surface area contributed by atoms with Gasteiger partial charge in [0, 0.05) is 5.92 Å². The third-order valence-electron chi connectivity index (χ3n) is 4.39. The fourth-order valence-corrected chi connectivity index (χ4v) is 3.56. The number of carbonyl (C=O) groups is 1. The third kappa shape index (κ3) is 1.11. The zero-order chi connectivity index (χ0) is 11.8. The van der Waals surface area contributed by atoms with Gasteiger partial charge in [0.2, 0.25) is 0 Å². The van der Waals surface area contributed by atoms with Gasteiger partial charge in [-0.25, -0.2) is 0 Å². The summed E-state index contributed by atoms with van der Waals surface area (Å²) in [6, 6.07) is 0. The number of fused-ring (bicyclic) bond motifs is 7. The van der Waals surface area contributed by atoms with Crippen molar-refractivity contribution in [2.24, 2.45) is 11.8 Å². The summed E-state index contributed by atoms with van der Waals surface area (Å²) in [7, 11) is 0. The van der Waals surface area contributed by atoms with Crippen LogP contribution in [0.1, 0.15) is 13.8 Å². The number of hydrogen-bond acceptors (Lipinski definition) is 4. The van der Waals surface area contributed by atoms with E-state index in [0.29, 0.717) is 6.61 Å². The Bertz CT molecular complexity index is 416. The van der Waals surface area contributed by atoms with Gasteiger partial charge in [0.25, 0.3) is 0 Å². The highest BCUT2D eigenvalue weighted by Gasteiger charge is 2.78. The molecule has 4 aliphatic rings. The smallest absolute Gasteiger partial charge is 0.176 e. The van der Waals surface area contributed by atoms with E-state index in [0.717, 1.165) is 0 Å². The zero-order valence-corrected chi connectivity index (χ0v) is 9.96. The van der Waals surface area contributed by atoms with E-state index >= 15 is 0 Å². The molecule has 92 valence electrons. The second kappa shape index (κ2) is 2.99. The van der Waals surface area contributed by atoms with E-state index in [1.807, 2.05) is 19.9 Å². The molecular weight excluding hydrogens is 220 g/mol. The monoisotopic (exact) mass is 236 g/mol. The Morgan fingerprint density at radius 1 is 1.41 bits per heavy atom. The molecule has 4 heteroatoms. The highest BCUT2D eigenvalue weighted by atomic mass is 16.6. The minimum Gasteiger partial charge on any atom is -0.375 e. The van der Waals surface area contributed by atoms with Crippen molar-refractivity contribution in [3.63, 3.8) is 0 Å². The van der Waals surface area contributed by atoms with Gasteiger partial charge in [0.05, 0.1) is 30.8 Å². The molecule has 0 amide bonds. The first kappa shape index (κ1) is 10.2. The maximum Gasteiger partial charge on any atom is 0.176 e. The van der Waals surface area contributed by atoms with Gasteiger partial charge in [-0.2, -0.15) is 0 Å². The molecule has 1 saturated carbocycles. The Morgan fingerprint density at radius 3 is 2.88 bits per heavy atom. The van der Waals surface area contributed by atoms with Crippen molar-refractivity contribution in [3.8, 4) is 0 Å². The molecule has 0 aromatic heterocycles. The fourth-order valence-electron chi connectivity index (χ4n) is 3.56. The summed E-state index contributed by atoms with van der Waals surface area (Å²) in [4.78, 5) is 12.4. The van der Waals surface area contributed by atoms with Crippen LogP contribution in [0.2, 0.25) is 0 Å². The van der Waals surface area contributed by atoms with Crippen LogP contribution in [0.4, 0.5) is 0 Å². The summed E-state index contributed by atoms with van der Waals surface area (Å²) in [5.74, 6) is 0.442. The second-order valence-electron chi connectivity index (χ2n) is 5.71. The van der Waals surface area contributed by atoms with Crippen LogP contribution in [0.15, 0.2) is 12.2 Å². The lowest BCUT2D eigenvalue weighted by Crippen LogP contribution is -2.36. The van der Waals surface area contributed by atoms with E-state index in [2.05, 4.69) is 6.08 Å². The van der Waals surface area contributed by atoms with Crippen LogP contribution < -0.4 is 0 Å². The number of epoxide rings is 1. The predicted molar refractivity (Wildman–Crippen MR) is 58.5 cm³/mol. The Balaban J connectivity index is 1.59. The van der Waals surface area contributed by atoms with Crippen molar-refractivity contribution in [1.82, 2.24) is 0 Å². The summed E-state index contributed by atoms with van der Waals surface area (Å²) in [5.41, 5.74) is -0.633. The molecule has 6 atom stereocenters. The molecule has 4 nitrogen and oxygen atoms in total. The maximum atomic E-state index is 12.4. The summed E-state index contributed by atoms with van der Waals surface area (Å²) in [5, 5.41) is 0. The number of ether oxygens (including phenoxy) is 3. The van der Waals surface area contributed by atoms with Gasteiger partial charge in [-0.1, -0.05) is 12.2 Å². The van der Waals surface area contributed by atoms with Crippen LogP contribution in [0.5, 0.6) is 0 Å². The van der Waals surface area contributed by atoms with Crippen molar-refractivity contribution in [2.75, 3.05) is 6.61 Å². The van der Waals surface area contributed by atoms with Crippen LogP contribution >= 0.6 is 0 Å². The molecule has 1 aliphatic carbocycles. The van der Waals surface area contributed by atoms with Crippen molar-refractivity contribution >= 4 is 5.78 Å². The third-order valence-corrected chi connectivity index (χ3v) is 4.39. The largest absolute Gasteiger partial charge is 0.375 e. The van der Waals surface area contributed by atoms with Crippen LogP contribution in [0.3, 0.4) is 0 Å². The topological polar surface area (TPSA) is 48.1 Å². The average Bonchev–Trinajstić information content (AvgIpc) is 2.61. The second-order valence-corrected chi connectivity index (χ2v) is 5.71. The number of carbonyl (C=O) groups excluding carboxylic acids is 1. The zero-order valence-electron chi connectivity index (χ0n) is 9.96. The Labute approximate surface area is 99.9 Å². The first-order valence-corrected chi connectivity index (χ1v) is 6.31. The van der Waals surface area contributed by atoms with Gasteiger partial charge < -0.3 is 14.2 Å². The van der Waals surface area contributed by atoms with Gasteiger partial charge >= 0.3 is 0 Å². The minimum absolute atomic E-state index is 0.00942. The minimum atomic E-state index is -0.633. The van der Waals surface area contributed by atoms with E-state index in [4.69, 9.17) is 14.2 Å². The van der Waals surface area contributed by atoms with E-state index < -0.39 is 5.60 Å². The Kier molecular flexibility index (Phi) is 1.80. The summed E-state index contributed by atoms with van der Waals surface area (Å²) < 4.78 is 17.0. The quantitative estimate of drug-likeness (QED) is 0.534. The molecule has 0 aromatic carbocycles. The Hall–Kier alpha value is -0.710. The molecule has 0 N–H and O–H groups in total. The van der Waals surface area contributed by atoms with Crippen LogP contribution in [0, 0.1) is 11.8 Å². The molecular formula is C13H16O4. The predicted octanol–water partition coefficient (Wildman–Crippen LogP) is 0.701. The lowest BCUT2D eigenvalue weighted by Gasteiger charge is -2.18. The summed E-state index contributed by atoms with van der Waals surface area (Å²) in [6.07, 6.45) is 4.32. The molecule has 3 heterocycles. The number of Topliss-reactive ketones (excluding diaryl/α,β-unsaturated/α-hetero) is 1. The van der Waals surface area contributed by atoms with Crippen LogP contribution in [0.25, 0.3) is 0 Å². The molecule has 3 fully saturated rings. The Morgan fingerprint density at radius 2 is 2.18 bits per heavy atom. The van der Waals surface area contributed by atoms with Crippen molar-refractivity contribution < 1.29 is 19.0 Å². The molecule has 4 rings (SSSR count). The normalized spacial score (nSPS) is 53.4. The van der Waals surface area contributed by atoms with Gasteiger partial charge in [-0.15, -0.1) is 0 Å². The van der Waals surface area contributed by atoms with Crippen molar-refractivity contribution in [3.05, 3.63) is 12.2 Å². The SMILES string of the molecule is CC(C)OC[C@@]12O[C@@H]1[C@@H]1[C@H](C2=O)[C@H]2C=C[C@@H]1O2. The van der Waals surface area contributed by atoms with E-state index in [1.54, 1.807) is 0 Å². The summed E-state index contributed by atoms with van der Waals surface area (Å²) in [6.45, 7) is 4.35. The number of rotatable bonds is 3. The van der Waals surface area contributed by atoms with Crippen molar-refractivity contribution in [2.45, 2.75) is 43.9 Å². The average molecular weight is 236 g/mol. The molecule has 2 bridgehead atoms. The van der Waals surface area contributed by atoms with E-state index in [-0.39, 0.29) is 42.0 Å². The molecule has 0 radical (unpaired) electrons. The molecule has 0 aromatic rings. The molecule has 0 unspecified atom stereocenters. The summed E-state index contributed by atoms with van der Waals surface area (Å²) >= 11 is 0. The van der Waals surface area contributed by atoms with Gasteiger partial charge in [-0.3, -0.25) is 4.79 Å². The van der Waals surface area contributed by atoms with E-state index in [1.165, 1.54) is 0 Å². The molecule has 2 saturated heterocycles. The lowest BCUT2D eigenvalue weighted by molar-refractivity contribution is -0.132. The van der Waals surface area contributed by atoms with Gasteiger partial charge in [-0.05, 0) is 13.8 Å². The van der Waals surface area contributed by atoms with Crippen LogP contribution in [-0.4, -0.2) is 42.4 Å². The highest BCUT2D eigenvalue weighted by Crippen LogP contribution is 2.60. The maximum absolute atomic E-state index is 12.4. The highest BCUT2D eigenvalue weighted by molar-refractivity contribution is 5.97. The van der Waals surface area contributed by atoms with Crippen LogP contribution in [-0.2, 0) is 19.0 Å². The lowest BCUT2D eigenvalue weighted by atomic mass is 9.84. The van der Waals surface area contributed by atoms with Gasteiger partial charge in [0.1, 0.15) is 6.10 Å². The number of ketones is 1. The first-order chi connectivity index (χ1) is 8.13. The number of hydrogen-bond donors (Lipinski definition) is 0.